The molecular weight excluding hydrogens is 168 g/mol. The summed E-state index contributed by atoms with van der Waals surface area (Å²) in [6.07, 6.45) is 2.65. The molecule has 0 bridgehead atoms. The zero-order valence-electron chi connectivity index (χ0n) is 6.54. The van der Waals surface area contributed by atoms with Gasteiger partial charge < -0.3 is 9.47 Å². The van der Waals surface area contributed by atoms with Gasteiger partial charge in [0.2, 0.25) is 0 Å². The fourth-order valence-electron chi connectivity index (χ4n) is 1.06. The molecule has 1 atom stereocenters. The Morgan fingerprint density at radius 1 is 1.55 bits per heavy atom. The van der Waals surface area contributed by atoms with Gasteiger partial charge in [0.15, 0.2) is 6.10 Å². The van der Waals surface area contributed by atoms with E-state index in [-0.39, 0.29) is 24.5 Å². The van der Waals surface area contributed by atoms with Crippen molar-refractivity contribution in [3.63, 3.8) is 0 Å². The Hall–Kier alpha value is -0.280. The Morgan fingerprint density at radius 3 is 2.73 bits per heavy atom. The van der Waals surface area contributed by atoms with Crippen molar-refractivity contribution in [1.29, 1.82) is 0 Å². The number of halogens is 1. The Morgan fingerprint density at radius 2 is 2.27 bits per heavy atom. The van der Waals surface area contributed by atoms with E-state index in [9.17, 15) is 4.79 Å². The fraction of sp³-hybridized carbons (Fsp3) is 0.857. The molecule has 4 heteroatoms. The number of rotatable bonds is 1. The fourth-order valence-corrected chi connectivity index (χ4v) is 1.06. The molecule has 0 saturated carbocycles. The zero-order chi connectivity index (χ0) is 7.40. The molecule has 1 fully saturated rings. The van der Waals surface area contributed by atoms with Crippen molar-refractivity contribution in [2.24, 2.45) is 0 Å². The van der Waals surface area contributed by atoms with E-state index in [1.54, 1.807) is 0 Å². The number of hydrogen-bond donors (Lipinski definition) is 0. The lowest BCUT2D eigenvalue weighted by molar-refractivity contribution is -0.156. The summed E-state index contributed by atoms with van der Waals surface area (Å²) in [7, 11) is 1.39. The van der Waals surface area contributed by atoms with Gasteiger partial charge in [-0.3, -0.25) is 0 Å². The maximum atomic E-state index is 10.8. The van der Waals surface area contributed by atoms with Crippen molar-refractivity contribution in [2.75, 3.05) is 13.7 Å². The van der Waals surface area contributed by atoms with Gasteiger partial charge in [0, 0.05) is 6.61 Å². The minimum atomic E-state index is -0.293. The summed E-state index contributed by atoms with van der Waals surface area (Å²) in [6, 6.07) is 0. The van der Waals surface area contributed by atoms with Gasteiger partial charge in [-0.25, -0.2) is 4.79 Å². The van der Waals surface area contributed by atoms with Crippen molar-refractivity contribution in [3.8, 4) is 0 Å². The Bertz CT molecular complexity index is 121. The van der Waals surface area contributed by atoms with Crippen LogP contribution in [0.3, 0.4) is 0 Å². The maximum Gasteiger partial charge on any atom is 0.334 e. The van der Waals surface area contributed by atoms with Gasteiger partial charge in [-0.05, 0) is 19.3 Å². The molecule has 1 aliphatic heterocycles. The molecule has 0 spiro atoms. The highest BCUT2D eigenvalue weighted by Crippen LogP contribution is 2.13. The molecule has 0 unspecified atom stereocenters. The molecule has 0 aromatic carbocycles. The lowest BCUT2D eigenvalue weighted by Gasteiger charge is -2.19. The smallest absolute Gasteiger partial charge is 0.334 e. The van der Waals surface area contributed by atoms with Crippen LogP contribution in [0.1, 0.15) is 19.3 Å². The zero-order valence-corrected chi connectivity index (χ0v) is 7.36. The third-order valence-electron chi connectivity index (χ3n) is 1.64. The predicted molar refractivity (Wildman–Crippen MR) is 42.9 cm³/mol. The van der Waals surface area contributed by atoms with Gasteiger partial charge in [0.25, 0.3) is 0 Å². The lowest BCUT2D eigenvalue weighted by atomic mass is 10.1. The molecule has 0 radical (unpaired) electrons. The topological polar surface area (TPSA) is 35.5 Å². The molecule has 66 valence electrons. The summed E-state index contributed by atoms with van der Waals surface area (Å²) in [5, 5.41) is 0. The summed E-state index contributed by atoms with van der Waals surface area (Å²) < 4.78 is 9.68. The molecule has 1 aliphatic rings. The van der Waals surface area contributed by atoms with Gasteiger partial charge >= 0.3 is 5.97 Å². The van der Waals surface area contributed by atoms with E-state index in [1.165, 1.54) is 7.11 Å². The number of hydrogen-bond acceptors (Lipinski definition) is 3. The van der Waals surface area contributed by atoms with Crippen LogP contribution in [-0.4, -0.2) is 25.8 Å². The number of methoxy groups -OCH3 is 1. The normalized spacial score (nSPS) is 23.5. The van der Waals surface area contributed by atoms with E-state index in [2.05, 4.69) is 4.74 Å². The van der Waals surface area contributed by atoms with Crippen molar-refractivity contribution in [2.45, 2.75) is 25.4 Å². The standard InChI is InChI=1S/C7H12O3.ClH/c1-9-7(8)6-4-2-3-5-10-6;/h6H,2-5H2,1H3;1H/t6-;/m1./s1. The highest BCUT2D eigenvalue weighted by atomic mass is 35.5. The van der Waals surface area contributed by atoms with Crippen molar-refractivity contribution in [3.05, 3.63) is 0 Å². The third-order valence-corrected chi connectivity index (χ3v) is 1.64. The molecule has 1 saturated heterocycles. The SMILES string of the molecule is COC(=O)[C@H]1CCCCO1.Cl. The van der Waals surface area contributed by atoms with Crippen LogP contribution in [0.4, 0.5) is 0 Å². The molecule has 1 heterocycles. The summed E-state index contributed by atoms with van der Waals surface area (Å²) in [5.74, 6) is -0.236. The van der Waals surface area contributed by atoms with Gasteiger partial charge in [0.05, 0.1) is 7.11 Å². The third kappa shape index (κ3) is 3.08. The maximum absolute atomic E-state index is 10.8. The van der Waals surface area contributed by atoms with Crippen molar-refractivity contribution < 1.29 is 14.3 Å². The van der Waals surface area contributed by atoms with Crippen LogP contribution >= 0.6 is 12.4 Å². The first-order valence-electron chi connectivity index (χ1n) is 3.54. The second kappa shape index (κ2) is 5.38. The first kappa shape index (κ1) is 10.7. The number of ether oxygens (including phenoxy) is 2. The Kier molecular flexibility index (Phi) is 5.24. The molecule has 3 nitrogen and oxygen atoms in total. The van der Waals surface area contributed by atoms with E-state index in [1.807, 2.05) is 0 Å². The highest BCUT2D eigenvalue weighted by molar-refractivity contribution is 5.85. The first-order valence-corrected chi connectivity index (χ1v) is 3.54. The summed E-state index contributed by atoms with van der Waals surface area (Å²) in [6.45, 7) is 0.694. The molecule has 1 rings (SSSR count). The molecule has 0 aromatic heterocycles. The number of carbonyl (C=O) groups excluding carboxylic acids is 1. The second-order valence-electron chi connectivity index (χ2n) is 2.38. The van der Waals surface area contributed by atoms with Crippen molar-refractivity contribution >= 4 is 18.4 Å². The summed E-state index contributed by atoms with van der Waals surface area (Å²) in [5.41, 5.74) is 0. The van der Waals surface area contributed by atoms with Crippen LogP contribution in [0.2, 0.25) is 0 Å². The first-order chi connectivity index (χ1) is 4.84. The van der Waals surface area contributed by atoms with Gasteiger partial charge in [-0.2, -0.15) is 0 Å². The average molecular weight is 181 g/mol. The molecular formula is C7H13ClO3. The van der Waals surface area contributed by atoms with E-state index in [0.717, 1.165) is 19.3 Å². The Balaban J connectivity index is 0.000001000. The van der Waals surface area contributed by atoms with E-state index in [0.29, 0.717) is 6.61 Å². The van der Waals surface area contributed by atoms with Crippen molar-refractivity contribution in [1.82, 2.24) is 0 Å². The van der Waals surface area contributed by atoms with Gasteiger partial charge in [-0.15, -0.1) is 12.4 Å². The largest absolute Gasteiger partial charge is 0.467 e. The highest BCUT2D eigenvalue weighted by Gasteiger charge is 2.21. The van der Waals surface area contributed by atoms with E-state index < -0.39 is 0 Å². The lowest BCUT2D eigenvalue weighted by Crippen LogP contribution is -2.28. The van der Waals surface area contributed by atoms with E-state index >= 15 is 0 Å². The average Bonchev–Trinajstić information content (AvgIpc) is 2.05. The monoisotopic (exact) mass is 180 g/mol. The molecule has 0 N–H and O–H groups in total. The molecule has 0 aromatic rings. The molecule has 0 amide bonds. The van der Waals surface area contributed by atoms with Crippen LogP contribution in [0, 0.1) is 0 Å². The van der Waals surface area contributed by atoms with Gasteiger partial charge in [0.1, 0.15) is 0 Å². The van der Waals surface area contributed by atoms with Crippen LogP contribution in [-0.2, 0) is 14.3 Å². The molecule has 11 heavy (non-hydrogen) atoms. The minimum Gasteiger partial charge on any atom is -0.467 e. The van der Waals surface area contributed by atoms with Gasteiger partial charge in [-0.1, -0.05) is 0 Å². The number of esters is 1. The van der Waals surface area contributed by atoms with Crippen LogP contribution in [0.15, 0.2) is 0 Å². The Labute approximate surface area is 72.5 Å². The van der Waals surface area contributed by atoms with Crippen LogP contribution in [0.5, 0.6) is 0 Å². The van der Waals surface area contributed by atoms with Crippen LogP contribution in [0.25, 0.3) is 0 Å². The summed E-state index contributed by atoms with van der Waals surface area (Å²) in [4.78, 5) is 10.8. The van der Waals surface area contributed by atoms with Crippen LogP contribution < -0.4 is 0 Å². The second-order valence-corrected chi connectivity index (χ2v) is 2.38. The quantitative estimate of drug-likeness (QED) is 0.568. The minimum absolute atomic E-state index is 0. The van der Waals surface area contributed by atoms with E-state index in [4.69, 9.17) is 4.74 Å². The summed E-state index contributed by atoms with van der Waals surface area (Å²) >= 11 is 0. The molecule has 0 aliphatic carbocycles. The number of carbonyl (C=O) groups is 1. The predicted octanol–water partition coefficient (Wildman–Crippen LogP) is 1.15.